The van der Waals surface area contributed by atoms with E-state index in [4.69, 9.17) is 0 Å². The van der Waals surface area contributed by atoms with Crippen LogP contribution in [0.15, 0.2) is 0 Å². The van der Waals surface area contributed by atoms with Gasteiger partial charge in [0.15, 0.2) is 0 Å². The maximum absolute atomic E-state index is 9.23. The normalized spacial score (nSPS) is 30.6. The van der Waals surface area contributed by atoms with Gasteiger partial charge in [0.05, 0.1) is 6.61 Å². The van der Waals surface area contributed by atoms with Gasteiger partial charge in [-0.25, -0.2) is 0 Å². The topological polar surface area (TPSA) is 32.3 Å². The lowest BCUT2D eigenvalue weighted by atomic mass is 9.86. The number of hydrogen-bond acceptors (Lipinski definition) is 2. The predicted octanol–water partition coefficient (Wildman–Crippen LogP) is 2.17. The molecule has 0 saturated heterocycles. The van der Waals surface area contributed by atoms with E-state index in [1.54, 1.807) is 0 Å². The summed E-state index contributed by atoms with van der Waals surface area (Å²) in [6, 6.07) is 0.920. The molecule has 2 N–H and O–H groups in total. The lowest BCUT2D eigenvalue weighted by Gasteiger charge is -2.32. The minimum Gasteiger partial charge on any atom is -0.395 e. The Morgan fingerprint density at radius 1 is 1.36 bits per heavy atom. The van der Waals surface area contributed by atoms with Crippen molar-refractivity contribution in [3.05, 3.63) is 0 Å². The van der Waals surface area contributed by atoms with Gasteiger partial charge in [-0.1, -0.05) is 33.6 Å². The summed E-state index contributed by atoms with van der Waals surface area (Å²) in [5, 5.41) is 12.8. The molecule has 0 radical (unpaired) electrons. The largest absolute Gasteiger partial charge is 0.395 e. The highest BCUT2D eigenvalue weighted by Gasteiger charge is 2.22. The van der Waals surface area contributed by atoms with Crippen molar-refractivity contribution in [1.82, 2.24) is 5.32 Å². The Balaban J connectivity index is 2.33. The Morgan fingerprint density at radius 2 is 2.07 bits per heavy atom. The number of nitrogens with one attached hydrogen (secondary N) is 1. The summed E-state index contributed by atoms with van der Waals surface area (Å²) in [5.74, 6) is 1.38. The molecule has 2 unspecified atom stereocenters. The lowest BCUT2D eigenvalue weighted by Crippen LogP contribution is -2.45. The molecule has 2 heteroatoms. The quantitative estimate of drug-likeness (QED) is 0.727. The first-order chi connectivity index (χ1) is 6.63. The highest BCUT2D eigenvalue weighted by molar-refractivity contribution is 4.80. The van der Waals surface area contributed by atoms with Gasteiger partial charge in [0, 0.05) is 12.1 Å². The zero-order valence-electron chi connectivity index (χ0n) is 9.79. The molecule has 0 aromatic heterocycles. The van der Waals surface area contributed by atoms with E-state index in [-0.39, 0.29) is 12.6 Å². The molecule has 1 saturated carbocycles. The van der Waals surface area contributed by atoms with Gasteiger partial charge in [-0.2, -0.15) is 0 Å². The fourth-order valence-corrected chi connectivity index (χ4v) is 2.34. The minimum absolute atomic E-state index is 0.266. The summed E-state index contributed by atoms with van der Waals surface area (Å²) in [6.45, 7) is 6.93. The van der Waals surface area contributed by atoms with Gasteiger partial charge in [0.25, 0.3) is 0 Å². The molecule has 0 spiro atoms. The van der Waals surface area contributed by atoms with E-state index in [9.17, 15) is 5.11 Å². The van der Waals surface area contributed by atoms with Crippen molar-refractivity contribution in [3.63, 3.8) is 0 Å². The van der Waals surface area contributed by atoms with Crippen LogP contribution in [0, 0.1) is 11.8 Å². The van der Waals surface area contributed by atoms with E-state index < -0.39 is 0 Å². The van der Waals surface area contributed by atoms with Gasteiger partial charge in [-0.05, 0) is 24.7 Å². The van der Waals surface area contributed by atoms with Crippen molar-refractivity contribution >= 4 is 0 Å². The zero-order chi connectivity index (χ0) is 10.6. The van der Waals surface area contributed by atoms with E-state index in [0.717, 1.165) is 5.92 Å². The zero-order valence-corrected chi connectivity index (χ0v) is 9.79. The monoisotopic (exact) mass is 199 g/mol. The van der Waals surface area contributed by atoms with Crippen LogP contribution in [-0.4, -0.2) is 23.8 Å². The van der Waals surface area contributed by atoms with Crippen molar-refractivity contribution in [1.29, 1.82) is 0 Å². The van der Waals surface area contributed by atoms with Crippen LogP contribution in [0.2, 0.25) is 0 Å². The summed E-state index contributed by atoms with van der Waals surface area (Å²) >= 11 is 0. The SMILES string of the molecule is CC1CCCC(N[C@H](CO)C(C)C)C1. The summed E-state index contributed by atoms with van der Waals surface area (Å²) in [7, 11) is 0. The highest BCUT2D eigenvalue weighted by Crippen LogP contribution is 2.24. The standard InChI is InChI=1S/C12H25NO/c1-9(2)12(8-14)13-11-6-4-5-10(3)7-11/h9-14H,4-8H2,1-3H3/t10?,11?,12-/m1/s1. The Morgan fingerprint density at radius 3 is 2.57 bits per heavy atom. The van der Waals surface area contributed by atoms with Crippen LogP contribution in [0.5, 0.6) is 0 Å². The third kappa shape index (κ3) is 3.58. The predicted molar refractivity (Wildman–Crippen MR) is 60.3 cm³/mol. The first kappa shape index (κ1) is 12.0. The van der Waals surface area contributed by atoms with Crippen LogP contribution in [0.4, 0.5) is 0 Å². The second kappa shape index (κ2) is 5.72. The van der Waals surface area contributed by atoms with Gasteiger partial charge in [-0.15, -0.1) is 0 Å². The molecule has 1 fully saturated rings. The minimum atomic E-state index is 0.266. The van der Waals surface area contributed by atoms with E-state index in [1.165, 1.54) is 25.7 Å². The molecule has 0 bridgehead atoms. The molecule has 1 aliphatic carbocycles. The van der Waals surface area contributed by atoms with Crippen molar-refractivity contribution in [2.24, 2.45) is 11.8 Å². The van der Waals surface area contributed by atoms with Crippen LogP contribution in [0.3, 0.4) is 0 Å². The molecule has 84 valence electrons. The van der Waals surface area contributed by atoms with Crippen LogP contribution in [-0.2, 0) is 0 Å². The van der Waals surface area contributed by atoms with Gasteiger partial charge in [0.1, 0.15) is 0 Å². The summed E-state index contributed by atoms with van der Waals surface area (Å²) < 4.78 is 0. The first-order valence-electron chi connectivity index (χ1n) is 6.00. The van der Waals surface area contributed by atoms with E-state index in [0.29, 0.717) is 12.0 Å². The molecule has 2 nitrogen and oxygen atoms in total. The number of rotatable bonds is 4. The fourth-order valence-electron chi connectivity index (χ4n) is 2.34. The molecule has 14 heavy (non-hydrogen) atoms. The highest BCUT2D eigenvalue weighted by atomic mass is 16.3. The van der Waals surface area contributed by atoms with Gasteiger partial charge in [-0.3, -0.25) is 0 Å². The van der Waals surface area contributed by atoms with Crippen molar-refractivity contribution in [2.75, 3.05) is 6.61 Å². The molecule has 0 aromatic carbocycles. The smallest absolute Gasteiger partial charge is 0.0587 e. The molecule has 3 atom stereocenters. The van der Waals surface area contributed by atoms with E-state index in [2.05, 4.69) is 26.1 Å². The van der Waals surface area contributed by atoms with E-state index >= 15 is 0 Å². The molecule has 0 amide bonds. The third-order valence-electron chi connectivity index (χ3n) is 3.39. The van der Waals surface area contributed by atoms with Crippen LogP contribution in [0.25, 0.3) is 0 Å². The Bertz CT molecular complexity index is 158. The van der Waals surface area contributed by atoms with Gasteiger partial charge in [0.2, 0.25) is 0 Å². The number of aliphatic hydroxyl groups excluding tert-OH is 1. The van der Waals surface area contributed by atoms with E-state index in [1.807, 2.05) is 0 Å². The molecular formula is C12H25NO. The van der Waals surface area contributed by atoms with Gasteiger partial charge >= 0.3 is 0 Å². The Labute approximate surface area is 88.1 Å². The third-order valence-corrected chi connectivity index (χ3v) is 3.39. The molecule has 0 aromatic rings. The maximum Gasteiger partial charge on any atom is 0.0587 e. The Hall–Kier alpha value is -0.0800. The average molecular weight is 199 g/mol. The fraction of sp³-hybridized carbons (Fsp3) is 1.00. The molecule has 1 rings (SSSR count). The first-order valence-corrected chi connectivity index (χ1v) is 6.00. The molecule has 0 aliphatic heterocycles. The number of hydrogen-bond donors (Lipinski definition) is 2. The second-order valence-electron chi connectivity index (χ2n) is 5.17. The second-order valence-corrected chi connectivity index (χ2v) is 5.17. The van der Waals surface area contributed by atoms with Crippen LogP contribution in [0.1, 0.15) is 46.5 Å². The summed E-state index contributed by atoms with van der Waals surface area (Å²) in [6.07, 6.45) is 5.29. The number of aliphatic hydroxyl groups is 1. The van der Waals surface area contributed by atoms with Crippen LogP contribution < -0.4 is 5.32 Å². The molecule has 0 heterocycles. The lowest BCUT2D eigenvalue weighted by molar-refractivity contribution is 0.179. The molecule has 1 aliphatic rings. The average Bonchev–Trinajstić information content (AvgIpc) is 2.14. The van der Waals surface area contributed by atoms with Crippen molar-refractivity contribution < 1.29 is 5.11 Å². The molecular weight excluding hydrogens is 174 g/mol. The maximum atomic E-state index is 9.23. The summed E-state index contributed by atoms with van der Waals surface area (Å²) in [5.41, 5.74) is 0. The van der Waals surface area contributed by atoms with Crippen LogP contribution >= 0.6 is 0 Å². The summed E-state index contributed by atoms with van der Waals surface area (Å²) in [4.78, 5) is 0. The van der Waals surface area contributed by atoms with Crippen molar-refractivity contribution in [3.8, 4) is 0 Å². The Kier molecular flexibility index (Phi) is 4.90. The van der Waals surface area contributed by atoms with Crippen molar-refractivity contribution in [2.45, 2.75) is 58.5 Å². The van der Waals surface area contributed by atoms with Gasteiger partial charge < -0.3 is 10.4 Å².